The predicted octanol–water partition coefficient (Wildman–Crippen LogP) is 2.36. The Labute approximate surface area is 272 Å². The first-order chi connectivity index (χ1) is 21.5. The molecule has 0 aromatic carbocycles. The summed E-state index contributed by atoms with van der Waals surface area (Å²) in [6, 6.07) is 0. The van der Waals surface area contributed by atoms with Crippen LogP contribution in [0.3, 0.4) is 0 Å². The van der Waals surface area contributed by atoms with Gasteiger partial charge in [-0.2, -0.15) is 0 Å². The van der Waals surface area contributed by atoms with Crippen LogP contribution in [0.15, 0.2) is 22.8 Å². The third kappa shape index (κ3) is 4.40. The van der Waals surface area contributed by atoms with Crippen LogP contribution in [0.1, 0.15) is 92.9 Å². The first kappa shape index (κ1) is 34.5. The van der Waals surface area contributed by atoms with Gasteiger partial charge >= 0.3 is 5.97 Å². The molecule has 260 valence electrons. The Morgan fingerprint density at radius 2 is 1.63 bits per heavy atom. The van der Waals surface area contributed by atoms with E-state index in [1.165, 1.54) is 5.57 Å². The highest BCUT2D eigenvalue weighted by Gasteiger charge is 2.70. The predicted molar refractivity (Wildman–Crippen MR) is 168 cm³/mol. The average molecular weight is 649 g/mol. The average Bonchev–Trinajstić information content (AvgIpc) is 3.02. The van der Waals surface area contributed by atoms with E-state index in [-0.39, 0.29) is 40.6 Å². The number of hydrogen-bond acceptors (Lipinski definition) is 10. The van der Waals surface area contributed by atoms with Crippen LogP contribution in [0.5, 0.6) is 0 Å². The van der Waals surface area contributed by atoms with E-state index in [2.05, 4.69) is 40.7 Å². The van der Waals surface area contributed by atoms with Gasteiger partial charge in [-0.1, -0.05) is 46.3 Å². The van der Waals surface area contributed by atoms with E-state index >= 15 is 0 Å². The fourth-order valence-corrected chi connectivity index (χ4v) is 11.8. The van der Waals surface area contributed by atoms with Gasteiger partial charge in [0, 0.05) is 5.41 Å². The van der Waals surface area contributed by atoms with E-state index in [1.807, 2.05) is 6.92 Å². The molecule has 1 saturated heterocycles. The fraction of sp³-hybridized carbons (Fsp3) is 0.861. The molecule has 10 unspecified atom stereocenters. The van der Waals surface area contributed by atoms with Crippen LogP contribution in [0.2, 0.25) is 0 Å². The van der Waals surface area contributed by atoms with Crippen molar-refractivity contribution < 1.29 is 50.0 Å². The van der Waals surface area contributed by atoms with Crippen LogP contribution in [-0.4, -0.2) is 97.8 Å². The van der Waals surface area contributed by atoms with Crippen molar-refractivity contribution in [3.63, 3.8) is 0 Å². The SMILES string of the molecule is CC1=C2C3=CCC4C5(C)CC(O)C(O)C(C)(CO)C5CCC4(C)C3(C)CCC2(C(=O)O[C@@H]2O[C@H](CO)[C@@H](O)[C@H](O)[C@H]2O)CCC1C. The van der Waals surface area contributed by atoms with Gasteiger partial charge in [0.05, 0.1) is 30.8 Å². The normalized spacial score (nSPS) is 53.7. The maximum absolute atomic E-state index is 14.4. The Kier molecular flexibility index (Phi) is 8.50. The molecule has 0 bridgehead atoms. The van der Waals surface area contributed by atoms with Gasteiger partial charge in [0.15, 0.2) is 0 Å². The molecule has 15 atom stereocenters. The van der Waals surface area contributed by atoms with Gasteiger partial charge in [-0.15, -0.1) is 0 Å². The highest BCUT2D eigenvalue weighted by molar-refractivity contribution is 5.84. The standard InChI is InChI=1S/C36H56O10/c1-18-9-12-36(31(44)46-30-28(42)27(41)26(40)22(16-37)45-30)14-13-34(5)20(25(36)19(18)2)7-8-24-32(3)15-21(39)29(43)33(4,17-38)23(32)10-11-35(24,34)6/h7,18,21-24,26-30,37-43H,8-17H2,1-6H3/t18?,21?,22-,23?,24?,26-,27+,28-,29?,30+,32?,33?,34?,35?,36?/m1/s1. The molecular formula is C36H56O10. The van der Waals surface area contributed by atoms with Crippen molar-refractivity contribution in [3.05, 3.63) is 22.8 Å². The van der Waals surface area contributed by atoms with Crippen molar-refractivity contribution in [2.75, 3.05) is 13.2 Å². The van der Waals surface area contributed by atoms with Gasteiger partial charge in [-0.25, -0.2) is 0 Å². The first-order valence-electron chi connectivity index (χ1n) is 17.4. The molecule has 1 heterocycles. The number of ether oxygens (including phenoxy) is 2. The second-order valence-electron chi connectivity index (χ2n) is 16.8. The van der Waals surface area contributed by atoms with Gasteiger partial charge in [-0.3, -0.25) is 4.79 Å². The quantitative estimate of drug-likeness (QED) is 0.224. The molecule has 4 fully saturated rings. The second-order valence-corrected chi connectivity index (χ2v) is 16.8. The summed E-state index contributed by atoms with van der Waals surface area (Å²) in [7, 11) is 0. The van der Waals surface area contributed by atoms with Crippen LogP contribution in [0.25, 0.3) is 0 Å². The molecule has 7 N–H and O–H groups in total. The highest BCUT2D eigenvalue weighted by atomic mass is 16.7. The second kappa shape index (κ2) is 11.3. The number of fused-ring (bicyclic) bond motifs is 7. The molecule has 1 aliphatic heterocycles. The Morgan fingerprint density at radius 3 is 2.28 bits per heavy atom. The van der Waals surface area contributed by atoms with Crippen molar-refractivity contribution in [1.82, 2.24) is 0 Å². The van der Waals surface area contributed by atoms with Crippen LogP contribution < -0.4 is 0 Å². The number of esters is 1. The summed E-state index contributed by atoms with van der Waals surface area (Å²) >= 11 is 0. The molecule has 10 nitrogen and oxygen atoms in total. The molecule has 46 heavy (non-hydrogen) atoms. The monoisotopic (exact) mass is 648 g/mol. The molecule has 6 rings (SSSR count). The number of allylic oxidation sites excluding steroid dienone is 3. The fourth-order valence-electron chi connectivity index (χ4n) is 11.8. The van der Waals surface area contributed by atoms with E-state index in [0.717, 1.165) is 43.3 Å². The van der Waals surface area contributed by atoms with E-state index in [4.69, 9.17) is 9.47 Å². The maximum Gasteiger partial charge on any atom is 0.318 e. The van der Waals surface area contributed by atoms with E-state index < -0.39 is 66.3 Å². The topological polar surface area (TPSA) is 177 Å². The van der Waals surface area contributed by atoms with Crippen LogP contribution in [0.4, 0.5) is 0 Å². The van der Waals surface area contributed by atoms with E-state index in [9.17, 15) is 40.5 Å². The van der Waals surface area contributed by atoms with Crippen molar-refractivity contribution in [3.8, 4) is 0 Å². The number of carbonyl (C=O) groups excluding carboxylic acids is 1. The summed E-state index contributed by atoms with van der Waals surface area (Å²) in [6.07, 6.45) is -1.55. The Bertz CT molecular complexity index is 1300. The number of rotatable bonds is 4. The summed E-state index contributed by atoms with van der Waals surface area (Å²) in [6.45, 7) is 12.4. The lowest BCUT2D eigenvalue weighted by Gasteiger charge is -2.70. The summed E-state index contributed by atoms with van der Waals surface area (Å²) < 4.78 is 11.5. The summed E-state index contributed by atoms with van der Waals surface area (Å²) in [5.74, 6) is -0.0274. The molecule has 0 radical (unpaired) electrons. The zero-order valence-corrected chi connectivity index (χ0v) is 28.3. The summed E-state index contributed by atoms with van der Waals surface area (Å²) in [4.78, 5) is 14.4. The van der Waals surface area contributed by atoms with Gasteiger partial charge in [-0.05, 0) is 103 Å². The maximum atomic E-state index is 14.4. The Morgan fingerprint density at radius 1 is 0.935 bits per heavy atom. The van der Waals surface area contributed by atoms with E-state index in [1.54, 1.807) is 0 Å². The zero-order chi connectivity index (χ0) is 33.8. The van der Waals surface area contributed by atoms with E-state index in [0.29, 0.717) is 19.3 Å². The number of carbonyl (C=O) groups is 1. The number of aliphatic hydroxyl groups excluding tert-OH is 7. The largest absolute Gasteiger partial charge is 0.432 e. The van der Waals surface area contributed by atoms with Crippen molar-refractivity contribution in [2.24, 2.45) is 44.8 Å². The molecule has 0 aromatic rings. The van der Waals surface area contributed by atoms with Crippen molar-refractivity contribution >= 4 is 5.97 Å². The molecule has 0 spiro atoms. The number of hydrogen-bond donors (Lipinski definition) is 7. The lowest BCUT2D eigenvalue weighted by Crippen LogP contribution is -2.67. The highest BCUT2D eigenvalue weighted by Crippen LogP contribution is 2.75. The molecular weight excluding hydrogens is 592 g/mol. The van der Waals surface area contributed by atoms with Crippen LogP contribution >= 0.6 is 0 Å². The molecule has 10 heteroatoms. The summed E-state index contributed by atoms with van der Waals surface area (Å²) in [5.41, 5.74) is 0.798. The smallest absolute Gasteiger partial charge is 0.318 e. The lowest BCUT2D eigenvalue weighted by molar-refractivity contribution is -0.295. The minimum atomic E-state index is -1.67. The molecule has 0 aromatic heterocycles. The first-order valence-corrected chi connectivity index (χ1v) is 17.4. The zero-order valence-electron chi connectivity index (χ0n) is 28.3. The Hall–Kier alpha value is -1.37. The Balaban J connectivity index is 1.39. The number of aliphatic hydroxyl groups is 7. The lowest BCUT2D eigenvalue weighted by atomic mass is 9.34. The minimum Gasteiger partial charge on any atom is -0.432 e. The third-order valence-corrected chi connectivity index (χ3v) is 15.0. The van der Waals surface area contributed by atoms with Gasteiger partial charge < -0.3 is 45.2 Å². The molecule has 6 aliphatic rings. The molecule has 5 aliphatic carbocycles. The third-order valence-electron chi connectivity index (χ3n) is 15.0. The van der Waals surface area contributed by atoms with Crippen molar-refractivity contribution in [1.29, 1.82) is 0 Å². The minimum absolute atomic E-state index is 0.0480. The van der Waals surface area contributed by atoms with Crippen LogP contribution in [-0.2, 0) is 14.3 Å². The van der Waals surface area contributed by atoms with Gasteiger partial charge in [0.2, 0.25) is 6.29 Å². The van der Waals surface area contributed by atoms with Gasteiger partial charge in [0.25, 0.3) is 0 Å². The summed E-state index contributed by atoms with van der Waals surface area (Å²) in [5, 5.41) is 73.8. The molecule has 3 saturated carbocycles. The van der Waals surface area contributed by atoms with Crippen LogP contribution in [0, 0.1) is 44.8 Å². The van der Waals surface area contributed by atoms with Gasteiger partial charge in [0.1, 0.15) is 24.4 Å². The molecule has 0 amide bonds. The van der Waals surface area contributed by atoms with Crippen molar-refractivity contribution in [2.45, 2.75) is 136 Å².